The summed E-state index contributed by atoms with van der Waals surface area (Å²) in [4.78, 5) is 35.5. The monoisotopic (exact) mass is 940 g/mol. The van der Waals surface area contributed by atoms with Crippen LogP contribution in [-0.2, 0) is 28.9 Å². The minimum Gasteiger partial charge on any atom is -0.495 e. The summed E-state index contributed by atoms with van der Waals surface area (Å²) >= 11 is 0. The number of hydrogen-bond donors (Lipinski definition) is 1. The van der Waals surface area contributed by atoms with Crippen molar-refractivity contribution in [3.63, 3.8) is 0 Å². The lowest BCUT2D eigenvalue weighted by atomic mass is 9.49. The Hall–Kier alpha value is -6.71. The van der Waals surface area contributed by atoms with Crippen molar-refractivity contribution in [2.75, 3.05) is 44.9 Å². The number of amides is 2. The summed E-state index contributed by atoms with van der Waals surface area (Å²) in [6, 6.07) is 33.2. The molecule has 1 N–H and O–H groups in total. The van der Waals surface area contributed by atoms with Crippen LogP contribution in [0.3, 0.4) is 0 Å². The van der Waals surface area contributed by atoms with E-state index in [-0.39, 0.29) is 34.8 Å². The van der Waals surface area contributed by atoms with E-state index in [0.29, 0.717) is 41.1 Å². The fraction of sp³-hybridized carbons (Fsp3) is 0.431. The van der Waals surface area contributed by atoms with Crippen molar-refractivity contribution in [3.05, 3.63) is 125 Å². The van der Waals surface area contributed by atoms with Crippen LogP contribution in [0, 0.1) is 28.1 Å². The Morgan fingerprint density at radius 3 is 2.34 bits per heavy atom. The topological polar surface area (TPSA) is 135 Å². The van der Waals surface area contributed by atoms with Gasteiger partial charge in [-0.15, -0.1) is 0 Å². The summed E-state index contributed by atoms with van der Waals surface area (Å²) in [6.07, 6.45) is 9.02. The second kappa shape index (κ2) is 19.2. The molecule has 0 atom stereocenters. The minimum atomic E-state index is -0.336. The number of ether oxygens (including phenoxy) is 3. The molecule has 4 aromatic carbocycles. The molecule has 70 heavy (non-hydrogen) atoms. The van der Waals surface area contributed by atoms with Crippen molar-refractivity contribution in [1.29, 1.82) is 5.26 Å². The molecule has 5 heterocycles. The summed E-state index contributed by atoms with van der Waals surface area (Å²) in [6.45, 7) is 15.0. The Kier molecular flexibility index (Phi) is 12.9. The van der Waals surface area contributed by atoms with Gasteiger partial charge >= 0.3 is 0 Å². The van der Waals surface area contributed by atoms with E-state index in [0.717, 1.165) is 122 Å². The highest BCUT2D eigenvalue weighted by Gasteiger charge is 2.64. The van der Waals surface area contributed by atoms with E-state index in [1.165, 1.54) is 11.3 Å². The largest absolute Gasteiger partial charge is 0.495 e. The van der Waals surface area contributed by atoms with Crippen LogP contribution in [0.2, 0.25) is 0 Å². The van der Waals surface area contributed by atoms with E-state index in [9.17, 15) is 14.9 Å². The molecule has 10 rings (SSSR count). The van der Waals surface area contributed by atoms with Crippen molar-refractivity contribution in [3.8, 4) is 40.1 Å². The fourth-order valence-corrected chi connectivity index (χ4v) is 12.2. The zero-order valence-electron chi connectivity index (χ0n) is 41.5. The molecular formula is C58H65N7O5. The van der Waals surface area contributed by atoms with Gasteiger partial charge in [0.15, 0.2) is 0 Å². The third-order valence-electron chi connectivity index (χ3n) is 16.0. The van der Waals surface area contributed by atoms with Crippen LogP contribution in [-0.4, -0.2) is 83.6 Å². The predicted molar refractivity (Wildman–Crippen MR) is 273 cm³/mol. The van der Waals surface area contributed by atoms with Crippen LogP contribution in [0.5, 0.6) is 11.5 Å². The molecule has 2 saturated heterocycles. The molecule has 12 nitrogen and oxygen atoms in total. The number of aromatic nitrogens is 3. The Bertz CT molecular complexity index is 2920. The summed E-state index contributed by atoms with van der Waals surface area (Å²) in [7, 11) is 1.55. The van der Waals surface area contributed by atoms with Crippen molar-refractivity contribution in [1.82, 2.24) is 25.0 Å². The second-order valence-electron chi connectivity index (χ2n) is 21.1. The molecule has 3 aliphatic heterocycles. The summed E-state index contributed by atoms with van der Waals surface area (Å²) < 4.78 is 19.8. The van der Waals surface area contributed by atoms with Gasteiger partial charge in [0.05, 0.1) is 30.1 Å². The van der Waals surface area contributed by atoms with Crippen molar-refractivity contribution < 1.29 is 23.8 Å². The van der Waals surface area contributed by atoms with Gasteiger partial charge in [0.1, 0.15) is 23.7 Å². The molecule has 0 unspecified atom stereocenters. The first-order valence-electron chi connectivity index (χ1n) is 25.1. The third-order valence-corrected chi connectivity index (χ3v) is 16.0. The number of nitrogens with one attached hydrogen (secondary N) is 1. The van der Waals surface area contributed by atoms with Gasteiger partial charge in [-0.05, 0) is 97.9 Å². The molecule has 362 valence electrons. The maximum atomic E-state index is 13.6. The number of piperidine rings is 1. The van der Waals surface area contributed by atoms with Crippen LogP contribution < -0.4 is 19.7 Å². The molecule has 12 heteroatoms. The zero-order valence-corrected chi connectivity index (χ0v) is 41.5. The third kappa shape index (κ3) is 9.00. The molecule has 0 bridgehead atoms. The Balaban J connectivity index is 0.723. The first-order valence-corrected chi connectivity index (χ1v) is 25.1. The number of carbonyl (C=O) groups is 2. The van der Waals surface area contributed by atoms with E-state index in [4.69, 9.17) is 24.3 Å². The standard InChI is InChI=1S/C58H65N7O5/c1-37(66)64-29-24-51-49(36-64)53(62-65(51)45-25-30-69-31-26-45)47-9-7-8-42-32-50(60-35-48(42)47)40-14-12-38(13-15-40)10-11-39-22-27-63(28-23-39)44-19-16-41(17-20-44)54(67)61-55-57(2,3)56(58(55,4)5)70-46-21-18-43(34-59)52(33-46)68-6/h7-9,12-21,32-33,35,39,45,55-56H,10-11,22-31,36H2,1-6H3,(H,61,67). The van der Waals surface area contributed by atoms with Crippen LogP contribution in [0.1, 0.15) is 106 Å². The average Bonchev–Trinajstić information content (AvgIpc) is 3.77. The van der Waals surface area contributed by atoms with E-state index in [1.54, 1.807) is 32.2 Å². The quantitative estimate of drug-likeness (QED) is 0.127. The number of aryl methyl sites for hydroxylation is 1. The number of anilines is 1. The van der Waals surface area contributed by atoms with E-state index in [2.05, 4.69) is 109 Å². The summed E-state index contributed by atoms with van der Waals surface area (Å²) in [5.41, 5.74) is 9.41. The van der Waals surface area contributed by atoms with E-state index in [1.807, 2.05) is 23.2 Å². The molecule has 0 radical (unpaired) electrons. The summed E-state index contributed by atoms with van der Waals surface area (Å²) in [5, 5.41) is 20.2. The fourth-order valence-electron chi connectivity index (χ4n) is 12.2. The van der Waals surface area contributed by atoms with Gasteiger partial charge in [0.25, 0.3) is 5.91 Å². The number of nitrogens with zero attached hydrogens (tertiary/aromatic N) is 6. The average molecular weight is 940 g/mol. The zero-order chi connectivity index (χ0) is 48.7. The number of carbonyl (C=O) groups excluding carboxylic acids is 2. The maximum absolute atomic E-state index is 13.6. The molecule has 2 aromatic heterocycles. The first kappa shape index (κ1) is 47.0. The molecule has 3 fully saturated rings. The van der Waals surface area contributed by atoms with Crippen LogP contribution in [0.4, 0.5) is 5.69 Å². The molecule has 2 amide bonds. The first-order chi connectivity index (χ1) is 33.8. The molecule has 0 spiro atoms. The number of benzene rings is 4. The molecule has 1 aliphatic carbocycles. The highest BCUT2D eigenvalue weighted by molar-refractivity contribution is 5.98. The lowest BCUT2D eigenvalue weighted by molar-refractivity contribution is -0.164. The van der Waals surface area contributed by atoms with Crippen LogP contribution in [0.25, 0.3) is 33.3 Å². The van der Waals surface area contributed by atoms with Crippen LogP contribution in [0.15, 0.2) is 97.2 Å². The number of fused-ring (bicyclic) bond motifs is 2. The van der Waals surface area contributed by atoms with Gasteiger partial charge in [-0.2, -0.15) is 10.4 Å². The second-order valence-corrected chi connectivity index (χ2v) is 21.1. The molecule has 6 aromatic rings. The van der Waals surface area contributed by atoms with Gasteiger partial charge in [-0.1, -0.05) is 70.2 Å². The maximum Gasteiger partial charge on any atom is 0.251 e. The van der Waals surface area contributed by atoms with Gasteiger partial charge in [0.2, 0.25) is 5.91 Å². The molecule has 4 aliphatic rings. The Morgan fingerprint density at radius 2 is 1.64 bits per heavy atom. The number of hydrogen-bond acceptors (Lipinski definition) is 9. The van der Waals surface area contributed by atoms with Crippen LogP contribution >= 0.6 is 0 Å². The SMILES string of the molecule is COc1cc(OC2C(C)(C)C(NC(=O)c3ccc(N4CCC(CCc5ccc(-c6cc7cccc(-c8nn(C9CCOCC9)c9c8CN(C(C)=O)CC9)c7cn6)cc5)CC4)cc3)C2(C)C)ccc1C#N. The van der Waals surface area contributed by atoms with E-state index >= 15 is 0 Å². The van der Waals surface area contributed by atoms with Crippen molar-refractivity contribution >= 4 is 28.3 Å². The lowest BCUT2D eigenvalue weighted by Crippen LogP contribution is -2.74. The highest BCUT2D eigenvalue weighted by Crippen LogP contribution is 2.56. The Labute approximate surface area is 411 Å². The normalized spacial score (nSPS) is 20.0. The van der Waals surface area contributed by atoms with E-state index < -0.39 is 0 Å². The van der Waals surface area contributed by atoms with Gasteiger partial charge < -0.3 is 29.3 Å². The highest BCUT2D eigenvalue weighted by atomic mass is 16.5. The summed E-state index contributed by atoms with van der Waals surface area (Å²) in [5.74, 6) is 1.80. The predicted octanol–water partition coefficient (Wildman–Crippen LogP) is 10.4. The van der Waals surface area contributed by atoms with Gasteiger partial charge in [0, 0.05) is 121 Å². The number of rotatable bonds is 12. The Morgan fingerprint density at radius 1 is 0.900 bits per heavy atom. The number of pyridine rings is 1. The minimum absolute atomic E-state index is 0.0843. The number of nitriles is 1. The molecular weight excluding hydrogens is 875 g/mol. The van der Waals surface area contributed by atoms with Gasteiger partial charge in [-0.25, -0.2) is 0 Å². The van der Waals surface area contributed by atoms with Gasteiger partial charge in [-0.3, -0.25) is 19.3 Å². The smallest absolute Gasteiger partial charge is 0.251 e. The van der Waals surface area contributed by atoms with Crippen molar-refractivity contribution in [2.45, 2.75) is 104 Å². The van der Waals surface area contributed by atoms with Crippen molar-refractivity contribution in [2.24, 2.45) is 16.7 Å². The lowest BCUT2D eigenvalue weighted by Gasteiger charge is -2.63. The molecule has 1 saturated carbocycles. The number of methoxy groups -OCH3 is 1.